The van der Waals surface area contributed by atoms with E-state index in [0.29, 0.717) is 0 Å². The van der Waals surface area contributed by atoms with E-state index >= 15 is 0 Å². The summed E-state index contributed by atoms with van der Waals surface area (Å²) in [5.74, 6) is 0. The fourth-order valence-corrected chi connectivity index (χ4v) is 14.8. The molecule has 0 N–H and O–H groups in total. The molecule has 1 heterocycles. The van der Waals surface area contributed by atoms with E-state index < -0.39 is 16.5 Å². The number of hydrogen-bond acceptors (Lipinski definition) is 0. The van der Waals surface area contributed by atoms with Gasteiger partial charge in [0.15, 0.2) is 0 Å². The van der Waals surface area contributed by atoms with E-state index in [1.54, 1.807) is 0 Å². The number of hydrogen-bond donors (Lipinski definition) is 0. The van der Waals surface area contributed by atoms with Crippen molar-refractivity contribution in [2.45, 2.75) is 70.4 Å². The van der Waals surface area contributed by atoms with Gasteiger partial charge in [-0.3, -0.25) is 4.65 Å². The van der Waals surface area contributed by atoms with Gasteiger partial charge in [-0.25, -0.2) is 0 Å². The molecule has 0 aromatic carbocycles. The Morgan fingerprint density at radius 2 is 1.14 bits per heavy atom. The molecule has 0 bridgehead atoms. The average Bonchev–Trinajstić information content (AvgIpc) is 2.29. The Balaban J connectivity index is 2.75. The van der Waals surface area contributed by atoms with Gasteiger partial charge in [0.2, 0.25) is 0 Å². The summed E-state index contributed by atoms with van der Waals surface area (Å²) in [6.07, 6.45) is 1.51. The lowest BCUT2D eigenvalue weighted by atomic mass is 10.6. The van der Waals surface area contributed by atoms with E-state index in [-0.39, 0.29) is 0 Å². The van der Waals surface area contributed by atoms with Crippen molar-refractivity contribution in [2.24, 2.45) is 0 Å². The molecule has 83 valence electrons. The fraction of sp³-hybridized carbons (Fsp3) is 1.00. The standard InChI is InChI=1S/C11H26NSi2/c1-5-13(6-2)10-9-11-14(7-3,8-4)12-13/h5-11H2,1-4H3. The lowest BCUT2D eigenvalue weighted by Crippen LogP contribution is -2.61. The van der Waals surface area contributed by atoms with Gasteiger partial charge in [0.25, 0.3) is 0 Å². The largest absolute Gasteiger partial charge is 0.294 e. The smallest absolute Gasteiger partial charge is 0.135 e. The van der Waals surface area contributed by atoms with Crippen LogP contribution >= 0.6 is 0 Å². The molecule has 0 amide bonds. The van der Waals surface area contributed by atoms with Gasteiger partial charge in [-0.2, -0.15) is 0 Å². The van der Waals surface area contributed by atoms with Crippen LogP contribution in [0, 0.1) is 0 Å². The van der Waals surface area contributed by atoms with Crippen molar-refractivity contribution >= 4 is 16.5 Å². The molecule has 1 fully saturated rings. The van der Waals surface area contributed by atoms with Crippen molar-refractivity contribution in [1.82, 2.24) is 4.65 Å². The quantitative estimate of drug-likeness (QED) is 0.647. The molecule has 0 aromatic rings. The van der Waals surface area contributed by atoms with E-state index in [4.69, 9.17) is 4.65 Å². The van der Waals surface area contributed by atoms with Crippen molar-refractivity contribution in [3.63, 3.8) is 0 Å². The first-order valence-corrected chi connectivity index (χ1v) is 11.5. The van der Waals surface area contributed by atoms with Crippen LogP contribution in [0.1, 0.15) is 34.1 Å². The third-order valence-corrected chi connectivity index (χ3v) is 16.0. The van der Waals surface area contributed by atoms with Gasteiger partial charge in [-0.15, -0.1) is 0 Å². The highest BCUT2D eigenvalue weighted by Gasteiger charge is 2.44. The van der Waals surface area contributed by atoms with Gasteiger partial charge in [-0.1, -0.05) is 34.1 Å². The Labute approximate surface area is 91.9 Å². The Kier molecular flexibility index (Phi) is 4.40. The monoisotopic (exact) mass is 228 g/mol. The summed E-state index contributed by atoms with van der Waals surface area (Å²) in [6.45, 7) is 9.54. The van der Waals surface area contributed by atoms with Crippen LogP contribution in [0.2, 0.25) is 36.3 Å². The van der Waals surface area contributed by atoms with E-state index in [0.717, 1.165) is 0 Å². The van der Waals surface area contributed by atoms with Crippen LogP contribution in [0.5, 0.6) is 0 Å². The summed E-state index contributed by atoms with van der Waals surface area (Å²) in [5, 5.41) is 0. The second kappa shape index (κ2) is 4.95. The molecule has 0 spiro atoms. The average molecular weight is 229 g/mol. The van der Waals surface area contributed by atoms with Gasteiger partial charge in [0, 0.05) is 0 Å². The lowest BCUT2D eigenvalue weighted by molar-refractivity contribution is 0.869. The van der Waals surface area contributed by atoms with Crippen LogP contribution in [-0.4, -0.2) is 16.5 Å². The van der Waals surface area contributed by atoms with Crippen molar-refractivity contribution in [2.75, 3.05) is 0 Å². The second-order valence-corrected chi connectivity index (χ2v) is 14.4. The van der Waals surface area contributed by atoms with Gasteiger partial charge in [-0.05, 0) is 36.3 Å². The third kappa shape index (κ3) is 2.31. The highest BCUT2D eigenvalue weighted by atomic mass is 28.4. The molecular formula is C11H26NSi2. The molecule has 0 aliphatic carbocycles. The zero-order chi connectivity index (χ0) is 10.7. The summed E-state index contributed by atoms with van der Waals surface area (Å²) >= 11 is 0. The molecular weight excluding hydrogens is 202 g/mol. The highest BCUT2D eigenvalue weighted by molar-refractivity contribution is 6.94. The first kappa shape index (κ1) is 12.5. The summed E-state index contributed by atoms with van der Waals surface area (Å²) in [7, 11) is -2.24. The zero-order valence-corrected chi connectivity index (χ0v) is 12.4. The summed E-state index contributed by atoms with van der Waals surface area (Å²) in [4.78, 5) is 0. The topological polar surface area (TPSA) is 14.1 Å². The van der Waals surface area contributed by atoms with Crippen molar-refractivity contribution in [3.8, 4) is 0 Å². The van der Waals surface area contributed by atoms with Gasteiger partial charge in [0.05, 0.1) is 0 Å². The predicted octanol–water partition coefficient (Wildman–Crippen LogP) is 3.97. The van der Waals surface area contributed by atoms with E-state index in [1.165, 1.54) is 42.7 Å². The maximum atomic E-state index is 5.50. The predicted molar refractivity (Wildman–Crippen MR) is 69.8 cm³/mol. The molecule has 0 aromatic heterocycles. The fourth-order valence-electron chi connectivity index (χ4n) is 2.88. The van der Waals surface area contributed by atoms with E-state index in [2.05, 4.69) is 27.7 Å². The summed E-state index contributed by atoms with van der Waals surface area (Å²) in [5.41, 5.74) is 0. The van der Waals surface area contributed by atoms with Crippen molar-refractivity contribution < 1.29 is 0 Å². The normalized spacial score (nSPS) is 24.9. The molecule has 3 heteroatoms. The Hall–Kier alpha value is 0.394. The number of rotatable bonds is 4. The molecule has 1 radical (unpaired) electrons. The molecule has 14 heavy (non-hydrogen) atoms. The van der Waals surface area contributed by atoms with Crippen LogP contribution in [0.15, 0.2) is 0 Å². The molecule has 1 nitrogen and oxygen atoms in total. The Bertz CT molecular complexity index is 156. The van der Waals surface area contributed by atoms with Crippen molar-refractivity contribution in [3.05, 3.63) is 0 Å². The Morgan fingerprint density at radius 1 is 0.786 bits per heavy atom. The molecule has 1 aliphatic rings. The molecule has 0 unspecified atom stereocenters. The van der Waals surface area contributed by atoms with Crippen LogP contribution in [0.3, 0.4) is 0 Å². The molecule has 1 aliphatic heterocycles. The third-order valence-electron chi connectivity index (χ3n) is 4.39. The minimum Gasteiger partial charge on any atom is -0.294 e. The van der Waals surface area contributed by atoms with Crippen molar-refractivity contribution in [1.29, 1.82) is 0 Å². The molecule has 1 rings (SSSR count). The maximum Gasteiger partial charge on any atom is 0.135 e. The lowest BCUT2D eigenvalue weighted by Gasteiger charge is -2.44. The highest BCUT2D eigenvalue weighted by Crippen LogP contribution is 2.35. The SMILES string of the molecule is CC[Si]1(CC)CCC[Si](CC)(CC)[N]1. The minimum atomic E-state index is -1.12. The van der Waals surface area contributed by atoms with Crippen LogP contribution in [-0.2, 0) is 0 Å². The molecule has 0 atom stereocenters. The summed E-state index contributed by atoms with van der Waals surface area (Å²) in [6, 6.07) is 8.59. The van der Waals surface area contributed by atoms with E-state index in [9.17, 15) is 0 Å². The summed E-state index contributed by atoms with van der Waals surface area (Å²) < 4.78 is 5.50. The van der Waals surface area contributed by atoms with Crippen LogP contribution < -0.4 is 4.65 Å². The van der Waals surface area contributed by atoms with Gasteiger partial charge < -0.3 is 0 Å². The van der Waals surface area contributed by atoms with Crippen LogP contribution in [0.25, 0.3) is 0 Å². The molecule has 0 saturated carbocycles. The minimum absolute atomic E-state index is 1.12. The van der Waals surface area contributed by atoms with Gasteiger partial charge in [0.1, 0.15) is 16.5 Å². The van der Waals surface area contributed by atoms with Gasteiger partial charge >= 0.3 is 0 Å². The first-order chi connectivity index (χ1) is 6.66. The zero-order valence-electron chi connectivity index (χ0n) is 10.4. The van der Waals surface area contributed by atoms with Crippen LogP contribution in [0.4, 0.5) is 0 Å². The molecule has 1 saturated heterocycles. The maximum absolute atomic E-state index is 5.50. The number of nitrogens with zero attached hydrogens (tertiary/aromatic N) is 1. The second-order valence-electron chi connectivity index (χ2n) is 4.83. The van der Waals surface area contributed by atoms with E-state index in [1.807, 2.05) is 0 Å². The Morgan fingerprint density at radius 3 is 1.43 bits per heavy atom. The first-order valence-electron chi connectivity index (χ1n) is 6.40.